The van der Waals surface area contributed by atoms with Gasteiger partial charge in [0.15, 0.2) is 0 Å². The van der Waals surface area contributed by atoms with E-state index in [9.17, 15) is 0 Å². The van der Waals surface area contributed by atoms with Crippen LogP contribution in [0.15, 0.2) is 42.5 Å². The fourth-order valence-corrected chi connectivity index (χ4v) is 2.95. The van der Waals surface area contributed by atoms with Gasteiger partial charge in [0.05, 0.1) is 0 Å². The lowest BCUT2D eigenvalue weighted by atomic mass is 9.97. The molecule has 0 aromatic heterocycles. The first kappa shape index (κ1) is 12.3. The van der Waals surface area contributed by atoms with Crippen molar-refractivity contribution in [3.8, 4) is 5.75 Å². The molecular weight excluding hydrogens is 359 g/mol. The average molecular weight is 371 g/mol. The van der Waals surface area contributed by atoms with Crippen molar-refractivity contribution in [2.24, 2.45) is 0 Å². The molecule has 2 aromatic carbocycles. The van der Waals surface area contributed by atoms with Crippen LogP contribution in [0.3, 0.4) is 0 Å². The van der Waals surface area contributed by atoms with E-state index in [4.69, 9.17) is 16.3 Å². The molecule has 1 aliphatic heterocycles. The van der Waals surface area contributed by atoms with Crippen molar-refractivity contribution in [1.82, 2.24) is 0 Å². The maximum atomic E-state index is 6.07. The van der Waals surface area contributed by atoms with Gasteiger partial charge in [0.1, 0.15) is 11.9 Å². The van der Waals surface area contributed by atoms with E-state index in [0.717, 1.165) is 23.6 Å². The normalized spacial score (nSPS) is 18.0. The van der Waals surface area contributed by atoms with E-state index in [-0.39, 0.29) is 6.10 Å². The molecule has 3 rings (SSSR count). The lowest BCUT2D eigenvalue weighted by molar-refractivity contribution is 0.176. The van der Waals surface area contributed by atoms with Gasteiger partial charge in [-0.3, -0.25) is 0 Å². The molecule has 0 saturated carbocycles. The number of aryl methyl sites for hydroxylation is 1. The Morgan fingerprint density at radius 2 is 1.89 bits per heavy atom. The summed E-state index contributed by atoms with van der Waals surface area (Å²) >= 11 is 8.24. The third-order valence-corrected chi connectivity index (χ3v) is 4.13. The predicted molar refractivity (Wildman–Crippen MR) is 82.3 cm³/mol. The summed E-state index contributed by atoms with van der Waals surface area (Å²) in [5.41, 5.74) is 2.51. The van der Waals surface area contributed by atoms with Gasteiger partial charge in [-0.15, -0.1) is 0 Å². The third kappa shape index (κ3) is 2.50. The summed E-state index contributed by atoms with van der Waals surface area (Å²) in [7, 11) is 0. The van der Waals surface area contributed by atoms with Gasteiger partial charge in [0.2, 0.25) is 0 Å². The molecule has 3 heteroatoms. The van der Waals surface area contributed by atoms with Gasteiger partial charge in [-0.2, -0.15) is 0 Å². The molecule has 1 heterocycles. The number of halogens is 2. The zero-order valence-electron chi connectivity index (χ0n) is 9.70. The van der Waals surface area contributed by atoms with Gasteiger partial charge in [0, 0.05) is 8.59 Å². The lowest BCUT2D eigenvalue weighted by Gasteiger charge is -2.26. The minimum atomic E-state index is 0.148. The molecule has 0 fully saturated rings. The van der Waals surface area contributed by atoms with Crippen LogP contribution in [0.5, 0.6) is 5.75 Å². The average Bonchev–Trinajstić information content (AvgIpc) is 2.39. The highest BCUT2D eigenvalue weighted by molar-refractivity contribution is 14.1. The van der Waals surface area contributed by atoms with Crippen molar-refractivity contribution >= 4 is 34.2 Å². The minimum absolute atomic E-state index is 0.148. The quantitative estimate of drug-likeness (QED) is 0.641. The summed E-state index contributed by atoms with van der Waals surface area (Å²) in [5, 5.41) is 0.768. The summed E-state index contributed by atoms with van der Waals surface area (Å²) in [5.74, 6) is 1.02. The van der Waals surface area contributed by atoms with Crippen LogP contribution >= 0.6 is 34.2 Å². The summed E-state index contributed by atoms with van der Waals surface area (Å²) in [6.07, 6.45) is 2.24. The number of rotatable bonds is 1. The van der Waals surface area contributed by atoms with Gasteiger partial charge in [0.25, 0.3) is 0 Å². The second-order valence-electron chi connectivity index (χ2n) is 4.45. The maximum absolute atomic E-state index is 6.07. The molecule has 0 spiro atoms. The summed E-state index contributed by atoms with van der Waals surface area (Å²) in [6.45, 7) is 0. The van der Waals surface area contributed by atoms with Crippen molar-refractivity contribution in [2.45, 2.75) is 18.9 Å². The van der Waals surface area contributed by atoms with E-state index in [2.05, 4.69) is 40.8 Å². The molecule has 1 nitrogen and oxygen atoms in total. The molecular formula is C15H12ClIO. The Hall–Kier alpha value is -0.740. The van der Waals surface area contributed by atoms with E-state index in [1.807, 2.05) is 24.3 Å². The molecule has 1 unspecified atom stereocenters. The number of fused-ring (bicyclic) bond motifs is 1. The van der Waals surface area contributed by atoms with Gasteiger partial charge < -0.3 is 4.74 Å². The molecule has 0 aliphatic carbocycles. The second-order valence-corrected chi connectivity index (χ2v) is 6.13. The number of ether oxygens (including phenoxy) is 1. The Bertz CT molecular complexity index is 565. The number of hydrogen-bond donors (Lipinski definition) is 0. The zero-order chi connectivity index (χ0) is 12.5. The van der Waals surface area contributed by atoms with Crippen molar-refractivity contribution in [3.63, 3.8) is 0 Å². The fraction of sp³-hybridized carbons (Fsp3) is 0.200. The molecule has 18 heavy (non-hydrogen) atoms. The first-order valence-corrected chi connectivity index (χ1v) is 7.38. The summed E-state index contributed by atoms with van der Waals surface area (Å²) in [4.78, 5) is 0. The summed E-state index contributed by atoms with van der Waals surface area (Å²) < 4.78 is 7.33. The number of hydrogen-bond acceptors (Lipinski definition) is 1. The van der Waals surface area contributed by atoms with Crippen LogP contribution in [0.2, 0.25) is 5.02 Å². The molecule has 1 atom stereocenters. The van der Waals surface area contributed by atoms with Crippen LogP contribution < -0.4 is 4.74 Å². The topological polar surface area (TPSA) is 9.23 Å². The lowest BCUT2D eigenvalue weighted by Crippen LogP contribution is -2.15. The smallest absolute Gasteiger partial charge is 0.124 e. The highest BCUT2D eigenvalue weighted by Gasteiger charge is 2.21. The Balaban J connectivity index is 1.86. The highest BCUT2D eigenvalue weighted by Crippen LogP contribution is 2.35. The number of benzene rings is 2. The Kier molecular flexibility index (Phi) is 3.48. The molecule has 2 aromatic rings. The molecule has 0 saturated heterocycles. The van der Waals surface area contributed by atoms with Crippen molar-refractivity contribution < 1.29 is 4.74 Å². The van der Waals surface area contributed by atoms with E-state index < -0.39 is 0 Å². The van der Waals surface area contributed by atoms with Crippen LogP contribution in [0.25, 0.3) is 0 Å². The van der Waals surface area contributed by atoms with Crippen molar-refractivity contribution in [1.29, 1.82) is 0 Å². The van der Waals surface area contributed by atoms with Gasteiger partial charge in [-0.05, 0) is 76.9 Å². The van der Waals surface area contributed by atoms with E-state index in [1.54, 1.807) is 0 Å². The van der Waals surface area contributed by atoms with E-state index in [0.29, 0.717) is 0 Å². The second kappa shape index (κ2) is 5.10. The summed E-state index contributed by atoms with van der Waals surface area (Å²) in [6, 6.07) is 14.3. The SMILES string of the molecule is Clc1ccc(C2CCc3cc(I)ccc3O2)cc1. The van der Waals surface area contributed by atoms with Crippen LogP contribution in [0, 0.1) is 3.57 Å². The van der Waals surface area contributed by atoms with Crippen LogP contribution in [0.4, 0.5) is 0 Å². The van der Waals surface area contributed by atoms with Gasteiger partial charge in [-0.1, -0.05) is 23.7 Å². The van der Waals surface area contributed by atoms with Crippen LogP contribution in [0.1, 0.15) is 23.7 Å². The standard InChI is InChI=1S/C15H12ClIO/c16-12-4-1-10(2-5-12)14-7-3-11-9-13(17)6-8-15(11)18-14/h1-2,4-6,8-9,14H,3,7H2. The third-order valence-electron chi connectivity index (χ3n) is 3.21. The van der Waals surface area contributed by atoms with E-state index >= 15 is 0 Å². The minimum Gasteiger partial charge on any atom is -0.485 e. The highest BCUT2D eigenvalue weighted by atomic mass is 127. The monoisotopic (exact) mass is 370 g/mol. The largest absolute Gasteiger partial charge is 0.485 e. The molecule has 92 valence electrons. The Morgan fingerprint density at radius 1 is 1.11 bits per heavy atom. The van der Waals surface area contributed by atoms with Gasteiger partial charge in [-0.25, -0.2) is 0 Å². The molecule has 1 aliphatic rings. The molecule has 0 bridgehead atoms. The fourth-order valence-electron chi connectivity index (χ4n) is 2.27. The first-order valence-electron chi connectivity index (χ1n) is 5.93. The Labute approximate surface area is 125 Å². The van der Waals surface area contributed by atoms with Gasteiger partial charge >= 0.3 is 0 Å². The molecule has 0 N–H and O–H groups in total. The van der Waals surface area contributed by atoms with Crippen LogP contribution in [-0.2, 0) is 6.42 Å². The van der Waals surface area contributed by atoms with Crippen molar-refractivity contribution in [3.05, 3.63) is 62.2 Å². The van der Waals surface area contributed by atoms with Crippen LogP contribution in [-0.4, -0.2) is 0 Å². The zero-order valence-corrected chi connectivity index (χ0v) is 12.6. The first-order chi connectivity index (χ1) is 8.72. The Morgan fingerprint density at radius 3 is 2.67 bits per heavy atom. The molecule has 0 radical (unpaired) electrons. The predicted octanol–water partition coefficient (Wildman–Crippen LogP) is 5.01. The van der Waals surface area contributed by atoms with Crippen molar-refractivity contribution in [2.75, 3.05) is 0 Å². The maximum Gasteiger partial charge on any atom is 0.124 e. The van der Waals surface area contributed by atoms with E-state index in [1.165, 1.54) is 14.7 Å². The molecule has 0 amide bonds.